The number of thiophene rings is 2. The van der Waals surface area contributed by atoms with Gasteiger partial charge in [0.15, 0.2) is 0 Å². The van der Waals surface area contributed by atoms with Crippen molar-refractivity contribution in [3.05, 3.63) is 80.2 Å². The van der Waals surface area contributed by atoms with Crippen molar-refractivity contribution in [1.29, 1.82) is 0 Å². The molecular weight excluding hydrogens is 374 g/mol. The largest absolute Gasteiger partial charge is 0.378 e. The van der Waals surface area contributed by atoms with Gasteiger partial charge in [0.2, 0.25) is 10.0 Å². The Balaban J connectivity index is 1.78. The van der Waals surface area contributed by atoms with Crippen LogP contribution in [0.3, 0.4) is 0 Å². The number of benzene rings is 1. The minimum Gasteiger partial charge on any atom is -0.378 e. The highest BCUT2D eigenvalue weighted by atomic mass is 32.2. The Bertz CT molecular complexity index is 865. The number of aryl methyl sites for hydroxylation is 1. The summed E-state index contributed by atoms with van der Waals surface area (Å²) in [6.45, 7) is 1.86. The lowest BCUT2D eigenvalue weighted by Crippen LogP contribution is -2.41. The van der Waals surface area contributed by atoms with Crippen molar-refractivity contribution in [2.24, 2.45) is 0 Å². The highest BCUT2D eigenvalue weighted by Gasteiger charge is 2.34. The summed E-state index contributed by atoms with van der Waals surface area (Å²) in [5.74, 6) is -0.114. The van der Waals surface area contributed by atoms with Crippen LogP contribution in [0.25, 0.3) is 0 Å². The van der Waals surface area contributed by atoms with Crippen LogP contribution < -0.4 is 4.72 Å². The van der Waals surface area contributed by atoms with E-state index in [4.69, 9.17) is 0 Å². The maximum absolute atomic E-state index is 12.5. The topological polar surface area (TPSA) is 66.4 Å². The second kappa shape index (κ2) is 7.39. The first-order valence-electron chi connectivity index (χ1n) is 7.71. The molecule has 1 unspecified atom stereocenters. The molecule has 0 radical (unpaired) electrons. The molecule has 2 aromatic heterocycles. The van der Waals surface area contributed by atoms with E-state index in [0.717, 1.165) is 5.56 Å². The Morgan fingerprint density at radius 3 is 2.48 bits per heavy atom. The van der Waals surface area contributed by atoms with Gasteiger partial charge in [-0.1, -0.05) is 35.9 Å². The zero-order valence-electron chi connectivity index (χ0n) is 13.7. The quantitative estimate of drug-likeness (QED) is 0.646. The van der Waals surface area contributed by atoms with E-state index in [0.29, 0.717) is 16.0 Å². The van der Waals surface area contributed by atoms with E-state index in [-0.39, 0.29) is 12.3 Å². The fourth-order valence-corrected chi connectivity index (χ4v) is 5.25. The van der Waals surface area contributed by atoms with Crippen molar-refractivity contribution < 1.29 is 13.5 Å². The molecule has 2 N–H and O–H groups in total. The molecule has 0 amide bonds. The summed E-state index contributed by atoms with van der Waals surface area (Å²) in [5, 5.41) is 16.8. The molecule has 3 aromatic rings. The molecule has 0 saturated carbocycles. The summed E-state index contributed by atoms with van der Waals surface area (Å²) in [6.07, 6.45) is 0. The monoisotopic (exact) mass is 393 g/mol. The number of rotatable bonds is 7. The van der Waals surface area contributed by atoms with Crippen molar-refractivity contribution in [3.8, 4) is 0 Å². The third-order valence-corrected chi connectivity index (χ3v) is 6.95. The first-order chi connectivity index (χ1) is 11.9. The summed E-state index contributed by atoms with van der Waals surface area (Å²) in [7, 11) is -3.56. The molecule has 3 rings (SSSR count). The molecule has 1 aromatic carbocycles. The second-order valence-corrected chi connectivity index (χ2v) is 9.45. The zero-order chi connectivity index (χ0) is 17.9. The van der Waals surface area contributed by atoms with E-state index in [1.807, 2.05) is 53.4 Å². The predicted octanol–water partition coefficient (Wildman–Crippen LogP) is 3.47. The number of hydrogen-bond acceptors (Lipinski definition) is 5. The molecule has 0 aliphatic heterocycles. The van der Waals surface area contributed by atoms with Gasteiger partial charge in [-0.2, -0.15) is 11.3 Å². The molecule has 0 saturated heterocycles. The Hall–Kier alpha value is -1.51. The molecule has 0 aliphatic rings. The van der Waals surface area contributed by atoms with Gasteiger partial charge < -0.3 is 5.11 Å². The van der Waals surface area contributed by atoms with Gasteiger partial charge in [-0.15, -0.1) is 11.3 Å². The van der Waals surface area contributed by atoms with Crippen molar-refractivity contribution >= 4 is 32.7 Å². The lowest BCUT2D eigenvalue weighted by atomic mass is 9.95. The Kier molecular flexibility index (Phi) is 5.41. The van der Waals surface area contributed by atoms with Gasteiger partial charge >= 0.3 is 0 Å². The normalized spacial score (nSPS) is 14.3. The van der Waals surface area contributed by atoms with Crippen molar-refractivity contribution in [2.75, 3.05) is 6.54 Å². The van der Waals surface area contributed by atoms with E-state index in [1.165, 1.54) is 22.7 Å². The molecule has 132 valence electrons. The van der Waals surface area contributed by atoms with Crippen LogP contribution in [0.15, 0.2) is 58.6 Å². The van der Waals surface area contributed by atoms with Crippen molar-refractivity contribution in [1.82, 2.24) is 4.72 Å². The van der Waals surface area contributed by atoms with Gasteiger partial charge in [0.05, 0.1) is 5.75 Å². The van der Waals surface area contributed by atoms with E-state index in [2.05, 4.69) is 4.72 Å². The molecule has 4 nitrogen and oxygen atoms in total. The SMILES string of the molecule is Cc1ccc(CS(=O)(=O)NCC(O)(c2ccsc2)c2cccs2)cc1. The van der Waals surface area contributed by atoms with Crippen LogP contribution in [0.2, 0.25) is 0 Å². The van der Waals surface area contributed by atoms with Crippen LogP contribution >= 0.6 is 22.7 Å². The van der Waals surface area contributed by atoms with Gasteiger partial charge in [0.25, 0.3) is 0 Å². The van der Waals surface area contributed by atoms with Crippen molar-refractivity contribution in [2.45, 2.75) is 18.3 Å². The highest BCUT2D eigenvalue weighted by molar-refractivity contribution is 7.88. The molecule has 0 bridgehead atoms. The third-order valence-electron chi connectivity index (χ3n) is 3.95. The average Bonchev–Trinajstić information content (AvgIpc) is 3.28. The molecule has 1 atom stereocenters. The lowest BCUT2D eigenvalue weighted by Gasteiger charge is -2.27. The number of aliphatic hydroxyl groups is 1. The van der Waals surface area contributed by atoms with Crippen LogP contribution in [0.1, 0.15) is 21.6 Å². The van der Waals surface area contributed by atoms with Gasteiger partial charge in [0, 0.05) is 17.0 Å². The summed E-state index contributed by atoms with van der Waals surface area (Å²) in [5.41, 5.74) is 1.12. The summed E-state index contributed by atoms with van der Waals surface area (Å²) < 4.78 is 27.5. The van der Waals surface area contributed by atoms with Crippen LogP contribution in [0.4, 0.5) is 0 Å². The Morgan fingerprint density at radius 2 is 1.88 bits per heavy atom. The molecule has 0 aliphatic carbocycles. The maximum Gasteiger partial charge on any atom is 0.215 e. The standard InChI is InChI=1S/C18H19NO3S3/c1-14-4-6-15(7-5-14)12-25(21,22)19-13-18(20,16-8-10-23-11-16)17-3-2-9-24-17/h2-11,19-20H,12-13H2,1H3. The molecule has 25 heavy (non-hydrogen) atoms. The average molecular weight is 394 g/mol. The smallest absolute Gasteiger partial charge is 0.215 e. The second-order valence-electron chi connectivity index (χ2n) is 5.92. The minimum atomic E-state index is -3.56. The van der Waals surface area contributed by atoms with E-state index in [1.54, 1.807) is 12.1 Å². The summed E-state index contributed by atoms with van der Waals surface area (Å²) in [6, 6.07) is 12.9. The Labute approximate surface area is 155 Å². The van der Waals surface area contributed by atoms with Gasteiger partial charge in [-0.25, -0.2) is 13.1 Å². The van der Waals surface area contributed by atoms with Gasteiger partial charge in [0.1, 0.15) is 5.60 Å². The lowest BCUT2D eigenvalue weighted by molar-refractivity contribution is 0.0903. The van der Waals surface area contributed by atoms with Gasteiger partial charge in [-0.3, -0.25) is 0 Å². The van der Waals surface area contributed by atoms with E-state index < -0.39 is 15.6 Å². The molecule has 7 heteroatoms. The first kappa shape index (κ1) is 18.3. The number of sulfonamides is 1. The molecular formula is C18H19NO3S3. The fourth-order valence-electron chi connectivity index (χ4n) is 2.51. The zero-order valence-corrected chi connectivity index (χ0v) is 16.1. The first-order valence-corrected chi connectivity index (χ1v) is 11.2. The number of hydrogen-bond donors (Lipinski definition) is 2. The third kappa shape index (κ3) is 4.37. The fraction of sp³-hybridized carbons (Fsp3) is 0.222. The van der Waals surface area contributed by atoms with Crippen molar-refractivity contribution in [3.63, 3.8) is 0 Å². The molecule has 0 fully saturated rings. The highest BCUT2D eigenvalue weighted by Crippen LogP contribution is 2.33. The maximum atomic E-state index is 12.5. The van der Waals surface area contributed by atoms with Gasteiger partial charge in [-0.05, 0) is 40.8 Å². The van der Waals surface area contributed by atoms with E-state index >= 15 is 0 Å². The van der Waals surface area contributed by atoms with Crippen LogP contribution in [0.5, 0.6) is 0 Å². The molecule has 0 spiro atoms. The summed E-state index contributed by atoms with van der Waals surface area (Å²) >= 11 is 2.87. The number of nitrogens with one attached hydrogen (secondary N) is 1. The Morgan fingerprint density at radius 1 is 1.12 bits per heavy atom. The predicted molar refractivity (Wildman–Crippen MR) is 103 cm³/mol. The molecule has 2 heterocycles. The van der Waals surface area contributed by atoms with Crippen LogP contribution in [-0.2, 0) is 21.4 Å². The summed E-state index contributed by atoms with van der Waals surface area (Å²) in [4.78, 5) is 0.712. The minimum absolute atomic E-state index is 0.0988. The van der Waals surface area contributed by atoms with E-state index in [9.17, 15) is 13.5 Å². The van der Waals surface area contributed by atoms with Crippen LogP contribution in [-0.4, -0.2) is 20.1 Å². The van der Waals surface area contributed by atoms with Crippen LogP contribution in [0, 0.1) is 6.92 Å².